The van der Waals surface area contributed by atoms with Gasteiger partial charge in [0.25, 0.3) is 0 Å². The normalized spacial score (nSPS) is 11.9. The molecule has 0 saturated heterocycles. The molecule has 0 atom stereocenters. The van der Waals surface area contributed by atoms with Crippen LogP contribution in [-0.2, 0) is 11.3 Å². The van der Waals surface area contributed by atoms with Crippen LogP contribution >= 0.6 is 0 Å². The van der Waals surface area contributed by atoms with E-state index < -0.39 is 23.1 Å². The summed E-state index contributed by atoms with van der Waals surface area (Å²) in [4.78, 5) is 12.4. The minimum absolute atomic E-state index is 0.179. The number of aliphatic carboxylic acids is 1. The molecule has 1 aromatic carbocycles. The van der Waals surface area contributed by atoms with Gasteiger partial charge in [0.15, 0.2) is 0 Å². The first-order valence-electron chi connectivity index (χ1n) is 5.60. The molecule has 0 aliphatic rings. The number of benzene rings is 1. The van der Waals surface area contributed by atoms with Gasteiger partial charge in [0, 0.05) is 18.2 Å². The zero-order chi connectivity index (χ0) is 13.9. The standard InChI is InChI=1S/C13H17F2NO2/c1-13(2,3)16(8-12(17)18)7-9-4-10(14)6-11(15)5-9/h4-6H,7-8H2,1-3H3,(H,17,18). The molecule has 1 aromatic rings. The summed E-state index contributed by atoms with van der Waals surface area (Å²) in [6.07, 6.45) is 0. The molecule has 0 unspecified atom stereocenters. The number of hydrogen-bond acceptors (Lipinski definition) is 2. The molecule has 0 saturated carbocycles. The van der Waals surface area contributed by atoms with E-state index in [0.717, 1.165) is 6.07 Å². The van der Waals surface area contributed by atoms with E-state index in [1.165, 1.54) is 12.1 Å². The Bertz CT molecular complexity index is 421. The average Bonchev–Trinajstić information content (AvgIpc) is 2.12. The fourth-order valence-electron chi connectivity index (χ4n) is 1.62. The zero-order valence-corrected chi connectivity index (χ0v) is 10.7. The van der Waals surface area contributed by atoms with Crippen LogP contribution in [0.2, 0.25) is 0 Å². The summed E-state index contributed by atoms with van der Waals surface area (Å²) < 4.78 is 26.1. The molecule has 0 fully saturated rings. The predicted octanol–water partition coefficient (Wildman–Crippen LogP) is 2.65. The molecule has 0 heterocycles. The maximum absolute atomic E-state index is 13.1. The van der Waals surface area contributed by atoms with Crippen molar-refractivity contribution in [3.63, 3.8) is 0 Å². The Labute approximate surface area is 105 Å². The number of carbonyl (C=O) groups is 1. The monoisotopic (exact) mass is 257 g/mol. The first-order valence-corrected chi connectivity index (χ1v) is 5.60. The van der Waals surface area contributed by atoms with Gasteiger partial charge in [-0.25, -0.2) is 8.78 Å². The Morgan fingerprint density at radius 1 is 1.22 bits per heavy atom. The topological polar surface area (TPSA) is 40.5 Å². The molecule has 1 N–H and O–H groups in total. The first-order chi connectivity index (χ1) is 8.18. The third-order valence-electron chi connectivity index (χ3n) is 2.57. The summed E-state index contributed by atoms with van der Waals surface area (Å²) >= 11 is 0. The highest BCUT2D eigenvalue weighted by Gasteiger charge is 2.23. The molecule has 0 bridgehead atoms. The van der Waals surface area contributed by atoms with Gasteiger partial charge in [-0.1, -0.05) is 0 Å². The quantitative estimate of drug-likeness (QED) is 0.901. The molecule has 1 rings (SSSR count). The summed E-state index contributed by atoms with van der Waals surface area (Å²) in [5, 5.41) is 8.84. The van der Waals surface area contributed by atoms with E-state index in [1.54, 1.807) is 4.90 Å². The van der Waals surface area contributed by atoms with E-state index in [4.69, 9.17) is 5.11 Å². The summed E-state index contributed by atoms with van der Waals surface area (Å²) in [7, 11) is 0. The van der Waals surface area contributed by atoms with Gasteiger partial charge in [0.2, 0.25) is 0 Å². The molecule has 0 radical (unpaired) electrons. The molecule has 0 aliphatic heterocycles. The van der Waals surface area contributed by atoms with Crippen molar-refractivity contribution in [2.24, 2.45) is 0 Å². The second-order valence-corrected chi connectivity index (χ2v) is 5.20. The highest BCUT2D eigenvalue weighted by molar-refractivity contribution is 5.69. The van der Waals surface area contributed by atoms with Gasteiger partial charge in [-0.15, -0.1) is 0 Å². The van der Waals surface area contributed by atoms with E-state index in [-0.39, 0.29) is 13.1 Å². The van der Waals surface area contributed by atoms with Crippen molar-refractivity contribution in [3.05, 3.63) is 35.4 Å². The number of rotatable bonds is 4. The van der Waals surface area contributed by atoms with Crippen molar-refractivity contribution in [2.75, 3.05) is 6.54 Å². The van der Waals surface area contributed by atoms with Gasteiger partial charge in [-0.05, 0) is 38.5 Å². The SMILES string of the molecule is CC(C)(C)N(CC(=O)O)Cc1cc(F)cc(F)c1. The van der Waals surface area contributed by atoms with Crippen molar-refractivity contribution >= 4 is 5.97 Å². The lowest BCUT2D eigenvalue weighted by Gasteiger charge is -2.34. The van der Waals surface area contributed by atoms with Gasteiger partial charge >= 0.3 is 5.97 Å². The third-order valence-corrected chi connectivity index (χ3v) is 2.57. The molecule has 18 heavy (non-hydrogen) atoms. The van der Waals surface area contributed by atoms with Gasteiger partial charge in [0.05, 0.1) is 6.54 Å². The molecule has 0 amide bonds. The van der Waals surface area contributed by atoms with Crippen molar-refractivity contribution in [1.29, 1.82) is 0 Å². The van der Waals surface area contributed by atoms with Crippen LogP contribution < -0.4 is 0 Å². The summed E-state index contributed by atoms with van der Waals surface area (Å²) in [6, 6.07) is 3.22. The predicted molar refractivity (Wildman–Crippen MR) is 64.2 cm³/mol. The Morgan fingerprint density at radius 2 is 1.72 bits per heavy atom. The van der Waals surface area contributed by atoms with Crippen LogP contribution in [0, 0.1) is 11.6 Å². The molecule has 100 valence electrons. The zero-order valence-electron chi connectivity index (χ0n) is 10.7. The van der Waals surface area contributed by atoms with E-state index in [9.17, 15) is 13.6 Å². The molecule has 0 aliphatic carbocycles. The lowest BCUT2D eigenvalue weighted by atomic mass is 10.0. The third kappa shape index (κ3) is 4.41. The Morgan fingerprint density at radius 3 is 2.11 bits per heavy atom. The fraction of sp³-hybridized carbons (Fsp3) is 0.462. The van der Waals surface area contributed by atoms with E-state index in [0.29, 0.717) is 5.56 Å². The second kappa shape index (κ2) is 5.44. The molecular formula is C13H17F2NO2. The Balaban J connectivity index is 2.92. The van der Waals surface area contributed by atoms with Crippen molar-refractivity contribution in [3.8, 4) is 0 Å². The van der Waals surface area contributed by atoms with Gasteiger partial charge in [-0.2, -0.15) is 0 Å². The number of hydrogen-bond donors (Lipinski definition) is 1. The lowest BCUT2D eigenvalue weighted by Crippen LogP contribution is -2.43. The minimum atomic E-state index is -0.971. The van der Waals surface area contributed by atoms with E-state index in [1.807, 2.05) is 20.8 Å². The van der Waals surface area contributed by atoms with Crippen molar-refractivity contribution in [1.82, 2.24) is 4.90 Å². The summed E-state index contributed by atoms with van der Waals surface area (Å²) in [5.41, 5.74) is 0.0185. The van der Waals surface area contributed by atoms with Gasteiger partial charge in [-0.3, -0.25) is 9.69 Å². The minimum Gasteiger partial charge on any atom is -0.480 e. The molecule has 0 aromatic heterocycles. The van der Waals surface area contributed by atoms with E-state index in [2.05, 4.69) is 0 Å². The first kappa shape index (κ1) is 14.6. The van der Waals surface area contributed by atoms with Crippen molar-refractivity contribution < 1.29 is 18.7 Å². The maximum Gasteiger partial charge on any atom is 0.317 e. The van der Waals surface area contributed by atoms with Crippen LogP contribution in [0.5, 0.6) is 0 Å². The highest BCUT2D eigenvalue weighted by atomic mass is 19.1. The lowest BCUT2D eigenvalue weighted by molar-refractivity contribution is -0.139. The molecule has 3 nitrogen and oxygen atoms in total. The van der Waals surface area contributed by atoms with Gasteiger partial charge < -0.3 is 5.11 Å². The summed E-state index contributed by atoms with van der Waals surface area (Å²) in [5.74, 6) is -2.29. The van der Waals surface area contributed by atoms with Crippen LogP contribution in [0.1, 0.15) is 26.3 Å². The number of carboxylic acid groups (broad SMARTS) is 1. The van der Waals surface area contributed by atoms with Crippen LogP contribution in [0.15, 0.2) is 18.2 Å². The second-order valence-electron chi connectivity index (χ2n) is 5.20. The van der Waals surface area contributed by atoms with E-state index >= 15 is 0 Å². The maximum atomic E-state index is 13.1. The smallest absolute Gasteiger partial charge is 0.317 e. The van der Waals surface area contributed by atoms with Crippen LogP contribution in [0.3, 0.4) is 0 Å². The largest absolute Gasteiger partial charge is 0.480 e. The van der Waals surface area contributed by atoms with Crippen LogP contribution in [-0.4, -0.2) is 28.1 Å². The fourth-order valence-corrected chi connectivity index (χ4v) is 1.62. The number of carboxylic acids is 1. The Hall–Kier alpha value is -1.49. The molecular weight excluding hydrogens is 240 g/mol. The average molecular weight is 257 g/mol. The van der Waals surface area contributed by atoms with Crippen molar-refractivity contribution in [2.45, 2.75) is 32.9 Å². The van der Waals surface area contributed by atoms with Gasteiger partial charge in [0.1, 0.15) is 11.6 Å². The Kier molecular flexibility index (Phi) is 4.40. The molecule has 0 spiro atoms. The highest BCUT2D eigenvalue weighted by Crippen LogP contribution is 2.18. The molecule has 5 heteroatoms. The van der Waals surface area contributed by atoms with Crippen LogP contribution in [0.25, 0.3) is 0 Å². The number of halogens is 2. The summed E-state index contributed by atoms with van der Waals surface area (Å²) in [6.45, 7) is 5.56. The van der Waals surface area contributed by atoms with Crippen LogP contribution in [0.4, 0.5) is 8.78 Å². The number of nitrogens with zero attached hydrogens (tertiary/aromatic N) is 1.